The number of hydrogen-bond donors (Lipinski definition) is 3. The van der Waals surface area contributed by atoms with Crippen LogP contribution in [-0.2, 0) is 21.3 Å². The van der Waals surface area contributed by atoms with E-state index in [0.29, 0.717) is 25.7 Å². The molecule has 2 aromatic heterocycles. The van der Waals surface area contributed by atoms with Crippen molar-refractivity contribution >= 4 is 45.6 Å². The summed E-state index contributed by atoms with van der Waals surface area (Å²) in [5.74, 6) is 1.19. The van der Waals surface area contributed by atoms with Gasteiger partial charge in [0, 0.05) is 32.9 Å². The van der Waals surface area contributed by atoms with Crippen LogP contribution in [0.25, 0.3) is 5.65 Å². The molecule has 1 unspecified atom stereocenters. The third-order valence-corrected chi connectivity index (χ3v) is 5.84. The maximum absolute atomic E-state index is 12.1. The van der Waals surface area contributed by atoms with Crippen molar-refractivity contribution in [1.82, 2.24) is 30.0 Å². The fraction of sp³-hybridized carbons (Fsp3) is 0.588. The van der Waals surface area contributed by atoms with Crippen LogP contribution in [0.4, 0.5) is 0 Å². The zero-order valence-electron chi connectivity index (χ0n) is 16.4. The highest BCUT2D eigenvalue weighted by molar-refractivity contribution is 14.0. The monoisotopic (exact) mass is 537 g/mol. The number of halogens is 1. The Kier molecular flexibility index (Phi) is 9.52. The number of nitrogens with zero attached hydrogens (tertiary/aromatic N) is 4. The van der Waals surface area contributed by atoms with Crippen molar-refractivity contribution in [3.63, 3.8) is 0 Å². The summed E-state index contributed by atoms with van der Waals surface area (Å²) in [5, 5.41) is 14.3. The molecule has 0 spiro atoms. The van der Waals surface area contributed by atoms with Crippen molar-refractivity contribution in [3.05, 3.63) is 30.2 Å². The number of guanidine groups is 1. The van der Waals surface area contributed by atoms with E-state index in [1.54, 1.807) is 7.05 Å². The fourth-order valence-corrected chi connectivity index (χ4v) is 3.91. The van der Waals surface area contributed by atoms with Gasteiger partial charge in [0.05, 0.1) is 18.4 Å². The molecule has 3 heterocycles. The molecule has 3 N–H and O–H groups in total. The molecular weight excluding hydrogens is 509 g/mol. The maximum atomic E-state index is 12.1. The van der Waals surface area contributed by atoms with E-state index in [-0.39, 0.29) is 42.4 Å². The molecule has 1 aliphatic heterocycles. The van der Waals surface area contributed by atoms with Crippen molar-refractivity contribution in [2.45, 2.75) is 31.9 Å². The Morgan fingerprint density at radius 3 is 2.93 bits per heavy atom. The lowest BCUT2D eigenvalue weighted by Crippen LogP contribution is -2.42. The minimum absolute atomic E-state index is 0. The van der Waals surface area contributed by atoms with Crippen LogP contribution in [0.15, 0.2) is 29.4 Å². The van der Waals surface area contributed by atoms with E-state index in [0.717, 1.165) is 30.7 Å². The van der Waals surface area contributed by atoms with Gasteiger partial charge in [0.25, 0.3) is 0 Å². The van der Waals surface area contributed by atoms with Crippen LogP contribution in [0.2, 0.25) is 0 Å². The predicted octanol–water partition coefficient (Wildman–Crippen LogP) is 0.501. The van der Waals surface area contributed by atoms with Crippen molar-refractivity contribution < 1.29 is 13.2 Å². The van der Waals surface area contributed by atoms with Gasteiger partial charge in [0.2, 0.25) is 10.0 Å². The minimum atomic E-state index is -3.37. The first-order valence-corrected chi connectivity index (χ1v) is 11.0. The second kappa shape index (κ2) is 11.6. The zero-order chi connectivity index (χ0) is 19.8. The summed E-state index contributed by atoms with van der Waals surface area (Å²) in [6.07, 6.45) is 4.89. The van der Waals surface area contributed by atoms with Crippen molar-refractivity contribution in [2.24, 2.45) is 4.99 Å². The summed E-state index contributed by atoms with van der Waals surface area (Å²) in [7, 11) is -1.74. The minimum Gasteiger partial charge on any atom is -0.377 e. The summed E-state index contributed by atoms with van der Waals surface area (Å²) in [6, 6.07) is 5.68. The van der Waals surface area contributed by atoms with E-state index < -0.39 is 10.0 Å². The van der Waals surface area contributed by atoms with Gasteiger partial charge in [-0.05, 0) is 31.4 Å². The molecule has 2 aromatic rings. The molecule has 162 valence electrons. The van der Waals surface area contributed by atoms with E-state index in [2.05, 4.69) is 30.5 Å². The van der Waals surface area contributed by atoms with Gasteiger partial charge < -0.3 is 15.4 Å². The Balaban J connectivity index is 0.00000300. The van der Waals surface area contributed by atoms with E-state index in [1.807, 2.05) is 28.8 Å². The zero-order valence-corrected chi connectivity index (χ0v) is 19.5. The number of aliphatic imine (C=N–C) groups is 1. The SMILES string of the molecule is CN=C(NCCS(=O)(=O)NCC1CCCCO1)NCc1nnc2ccccn12.I. The molecule has 1 atom stereocenters. The first kappa shape index (κ1) is 23.8. The predicted molar refractivity (Wildman–Crippen MR) is 122 cm³/mol. The molecule has 0 amide bonds. The Morgan fingerprint density at radius 1 is 1.31 bits per heavy atom. The molecule has 1 saturated heterocycles. The average molecular weight is 537 g/mol. The average Bonchev–Trinajstić information content (AvgIpc) is 3.13. The number of sulfonamides is 1. The third-order valence-electron chi connectivity index (χ3n) is 4.49. The van der Waals surface area contributed by atoms with Crippen LogP contribution in [0.1, 0.15) is 25.1 Å². The topological polar surface area (TPSA) is 122 Å². The Labute approximate surface area is 188 Å². The number of rotatable bonds is 8. The first-order chi connectivity index (χ1) is 13.6. The highest BCUT2D eigenvalue weighted by Gasteiger charge is 2.17. The first-order valence-electron chi connectivity index (χ1n) is 9.39. The van der Waals surface area contributed by atoms with E-state index >= 15 is 0 Å². The summed E-state index contributed by atoms with van der Waals surface area (Å²) >= 11 is 0. The van der Waals surface area contributed by atoms with Gasteiger partial charge >= 0.3 is 0 Å². The molecule has 0 aliphatic carbocycles. The molecule has 0 saturated carbocycles. The number of hydrogen-bond acceptors (Lipinski definition) is 6. The lowest BCUT2D eigenvalue weighted by Gasteiger charge is -2.22. The van der Waals surface area contributed by atoms with Crippen molar-refractivity contribution in [1.29, 1.82) is 0 Å². The van der Waals surface area contributed by atoms with Crippen molar-refractivity contribution in [3.8, 4) is 0 Å². The molecular formula is C17H28IN7O3S. The van der Waals surface area contributed by atoms with Crippen LogP contribution in [0.3, 0.4) is 0 Å². The van der Waals surface area contributed by atoms with Crippen LogP contribution in [0, 0.1) is 0 Å². The van der Waals surface area contributed by atoms with E-state index in [1.165, 1.54) is 0 Å². The van der Waals surface area contributed by atoms with Gasteiger partial charge in [-0.25, -0.2) is 13.1 Å². The van der Waals surface area contributed by atoms with Crippen LogP contribution < -0.4 is 15.4 Å². The van der Waals surface area contributed by atoms with E-state index in [4.69, 9.17) is 4.74 Å². The summed E-state index contributed by atoms with van der Waals surface area (Å²) < 4.78 is 34.3. The fourth-order valence-electron chi connectivity index (χ4n) is 2.96. The number of pyridine rings is 1. The molecule has 0 radical (unpaired) electrons. The van der Waals surface area contributed by atoms with Gasteiger partial charge in [0.1, 0.15) is 0 Å². The standard InChI is InChI=1S/C17H27N7O3S.HI/c1-18-17(20-13-16-23-22-15-7-2-4-9-24(15)16)19-8-11-28(25,26)21-12-14-6-3-5-10-27-14;/h2,4,7,9,14,21H,3,5-6,8,10-13H2,1H3,(H2,18,19,20);1H. The molecule has 3 rings (SSSR count). The van der Waals surface area contributed by atoms with Gasteiger partial charge in [-0.2, -0.15) is 0 Å². The molecule has 0 aromatic carbocycles. The number of aromatic nitrogens is 3. The van der Waals surface area contributed by atoms with Crippen molar-refractivity contribution in [2.75, 3.05) is 32.5 Å². The number of fused-ring (bicyclic) bond motifs is 1. The second-order valence-corrected chi connectivity index (χ2v) is 8.48. The second-order valence-electron chi connectivity index (χ2n) is 6.55. The van der Waals surface area contributed by atoms with Crippen LogP contribution in [0.5, 0.6) is 0 Å². The highest BCUT2D eigenvalue weighted by Crippen LogP contribution is 2.11. The molecule has 0 bridgehead atoms. The van der Waals surface area contributed by atoms with Gasteiger partial charge in [-0.1, -0.05) is 6.07 Å². The third kappa shape index (κ3) is 7.35. The Hall–Kier alpha value is -1.51. The molecule has 12 heteroatoms. The molecule has 29 heavy (non-hydrogen) atoms. The summed E-state index contributed by atoms with van der Waals surface area (Å²) in [4.78, 5) is 4.11. The maximum Gasteiger partial charge on any atom is 0.213 e. The van der Waals surface area contributed by atoms with Gasteiger partial charge in [0.15, 0.2) is 17.4 Å². The van der Waals surface area contributed by atoms with Crippen LogP contribution >= 0.6 is 24.0 Å². The Morgan fingerprint density at radius 2 is 2.17 bits per heavy atom. The normalized spacial score (nSPS) is 17.7. The van der Waals surface area contributed by atoms with Crippen LogP contribution in [-0.4, -0.2) is 67.6 Å². The Bertz CT molecular complexity index is 897. The van der Waals surface area contributed by atoms with E-state index in [9.17, 15) is 8.42 Å². The molecule has 10 nitrogen and oxygen atoms in total. The molecule has 1 aliphatic rings. The lowest BCUT2D eigenvalue weighted by atomic mass is 10.1. The number of nitrogens with one attached hydrogen (secondary N) is 3. The summed E-state index contributed by atoms with van der Waals surface area (Å²) in [6.45, 7) is 1.68. The largest absolute Gasteiger partial charge is 0.377 e. The molecule has 1 fully saturated rings. The summed E-state index contributed by atoms with van der Waals surface area (Å²) in [5.41, 5.74) is 0.765. The number of ether oxygens (including phenoxy) is 1. The van der Waals surface area contributed by atoms with Gasteiger partial charge in [-0.15, -0.1) is 34.2 Å². The smallest absolute Gasteiger partial charge is 0.213 e. The van der Waals surface area contributed by atoms with Gasteiger partial charge in [-0.3, -0.25) is 9.39 Å². The lowest BCUT2D eigenvalue weighted by molar-refractivity contribution is 0.0200. The quantitative estimate of drug-likeness (QED) is 0.255. The highest BCUT2D eigenvalue weighted by atomic mass is 127.